The van der Waals surface area contributed by atoms with E-state index in [-0.39, 0.29) is 11.8 Å². The quantitative estimate of drug-likeness (QED) is 0.671. The zero-order valence-electron chi connectivity index (χ0n) is 11.1. The molecule has 1 atom stereocenters. The molecule has 1 aromatic carbocycles. The fraction of sp³-hybridized carbons (Fsp3) is 0.333. The summed E-state index contributed by atoms with van der Waals surface area (Å²) in [5.74, 6) is 5.52. The van der Waals surface area contributed by atoms with Gasteiger partial charge in [0.05, 0.1) is 6.54 Å². The summed E-state index contributed by atoms with van der Waals surface area (Å²) < 4.78 is 0. The number of nitrogens with two attached hydrogens (primary N) is 1. The first-order valence-electron chi connectivity index (χ1n) is 6.54. The molecular formula is C15H17N3O2. The van der Waals surface area contributed by atoms with Crippen LogP contribution in [0.3, 0.4) is 0 Å². The number of hydrogen-bond donors (Lipinski definition) is 3. The molecule has 0 bridgehead atoms. The molecule has 1 fully saturated rings. The third kappa shape index (κ3) is 3.84. The number of carbonyl (C=O) groups is 2. The van der Waals surface area contributed by atoms with Crippen LogP contribution in [-0.2, 0) is 16.1 Å². The van der Waals surface area contributed by atoms with Crippen molar-refractivity contribution < 1.29 is 9.59 Å². The van der Waals surface area contributed by atoms with Gasteiger partial charge in [-0.2, -0.15) is 0 Å². The van der Waals surface area contributed by atoms with Crippen molar-refractivity contribution in [3.8, 4) is 11.8 Å². The summed E-state index contributed by atoms with van der Waals surface area (Å²) in [6.07, 6.45) is 0.991. The second-order valence-corrected chi connectivity index (χ2v) is 4.58. The van der Waals surface area contributed by atoms with Crippen molar-refractivity contribution in [2.24, 2.45) is 5.73 Å². The van der Waals surface area contributed by atoms with Gasteiger partial charge in [0.2, 0.25) is 11.8 Å². The summed E-state index contributed by atoms with van der Waals surface area (Å²) in [6, 6.07) is 7.21. The second kappa shape index (κ2) is 6.73. The summed E-state index contributed by atoms with van der Waals surface area (Å²) in [5.41, 5.74) is 7.19. The Hall–Kier alpha value is -2.32. The van der Waals surface area contributed by atoms with Crippen molar-refractivity contribution in [1.82, 2.24) is 10.6 Å². The maximum absolute atomic E-state index is 11.8. The highest BCUT2D eigenvalue weighted by Gasteiger charge is 2.26. The fourth-order valence-electron chi connectivity index (χ4n) is 1.98. The molecule has 4 N–H and O–H groups in total. The van der Waals surface area contributed by atoms with E-state index in [1.807, 2.05) is 24.3 Å². The molecule has 5 heteroatoms. The van der Waals surface area contributed by atoms with Gasteiger partial charge in [-0.25, -0.2) is 0 Å². The standard InChI is InChI=1S/C15H17N3O2/c16-9-1-2-11-3-5-12(6-4-11)10-17-15(20)13-7-8-14(19)18-13/h3-6,13H,7-10,16H2,(H,17,20)(H,18,19). The predicted octanol–water partition coefficient (Wildman–Crippen LogP) is -0.108. The van der Waals surface area contributed by atoms with Gasteiger partial charge in [0.25, 0.3) is 0 Å². The molecule has 2 rings (SSSR count). The smallest absolute Gasteiger partial charge is 0.242 e. The lowest BCUT2D eigenvalue weighted by molar-refractivity contribution is -0.125. The van der Waals surface area contributed by atoms with Gasteiger partial charge in [-0.15, -0.1) is 0 Å². The van der Waals surface area contributed by atoms with E-state index < -0.39 is 6.04 Å². The molecule has 1 aliphatic rings. The third-order valence-corrected chi connectivity index (χ3v) is 3.07. The van der Waals surface area contributed by atoms with Crippen molar-refractivity contribution in [2.45, 2.75) is 25.4 Å². The van der Waals surface area contributed by atoms with E-state index in [1.165, 1.54) is 0 Å². The zero-order chi connectivity index (χ0) is 14.4. The van der Waals surface area contributed by atoms with Gasteiger partial charge in [0.15, 0.2) is 0 Å². The molecular weight excluding hydrogens is 254 g/mol. The summed E-state index contributed by atoms with van der Waals surface area (Å²) in [5, 5.41) is 5.46. The van der Waals surface area contributed by atoms with Gasteiger partial charge >= 0.3 is 0 Å². The number of rotatable bonds is 3. The molecule has 1 aliphatic heterocycles. The van der Waals surface area contributed by atoms with E-state index in [2.05, 4.69) is 22.5 Å². The van der Waals surface area contributed by atoms with E-state index in [0.29, 0.717) is 25.9 Å². The first-order chi connectivity index (χ1) is 9.69. The van der Waals surface area contributed by atoms with Crippen LogP contribution in [0.1, 0.15) is 24.0 Å². The highest BCUT2D eigenvalue weighted by Crippen LogP contribution is 2.07. The number of carbonyl (C=O) groups excluding carboxylic acids is 2. The Morgan fingerprint density at radius 1 is 1.40 bits per heavy atom. The van der Waals surface area contributed by atoms with Crippen LogP contribution in [0.5, 0.6) is 0 Å². The fourth-order valence-corrected chi connectivity index (χ4v) is 1.98. The summed E-state index contributed by atoms with van der Waals surface area (Å²) >= 11 is 0. The maximum atomic E-state index is 11.8. The molecule has 20 heavy (non-hydrogen) atoms. The lowest BCUT2D eigenvalue weighted by Crippen LogP contribution is -2.41. The van der Waals surface area contributed by atoms with Gasteiger partial charge in [0, 0.05) is 18.5 Å². The topological polar surface area (TPSA) is 84.2 Å². The number of hydrogen-bond acceptors (Lipinski definition) is 3. The molecule has 1 saturated heterocycles. The molecule has 0 aromatic heterocycles. The highest BCUT2D eigenvalue weighted by atomic mass is 16.2. The first kappa shape index (κ1) is 14.1. The zero-order valence-corrected chi connectivity index (χ0v) is 11.1. The minimum atomic E-state index is -0.391. The van der Waals surface area contributed by atoms with Crippen molar-refractivity contribution in [3.63, 3.8) is 0 Å². The van der Waals surface area contributed by atoms with Crippen LogP contribution in [0.15, 0.2) is 24.3 Å². The number of benzene rings is 1. The van der Waals surface area contributed by atoms with Crippen molar-refractivity contribution in [1.29, 1.82) is 0 Å². The lowest BCUT2D eigenvalue weighted by Gasteiger charge is -2.10. The average Bonchev–Trinajstić information content (AvgIpc) is 2.90. The first-order valence-corrected chi connectivity index (χ1v) is 6.54. The lowest BCUT2D eigenvalue weighted by atomic mass is 10.1. The Balaban J connectivity index is 1.84. The van der Waals surface area contributed by atoms with E-state index in [1.54, 1.807) is 0 Å². The summed E-state index contributed by atoms with van der Waals surface area (Å²) in [7, 11) is 0. The molecule has 0 saturated carbocycles. The van der Waals surface area contributed by atoms with E-state index in [0.717, 1.165) is 11.1 Å². The molecule has 104 valence electrons. The van der Waals surface area contributed by atoms with Crippen LogP contribution in [0.4, 0.5) is 0 Å². The molecule has 0 spiro atoms. The van der Waals surface area contributed by atoms with Crippen molar-refractivity contribution >= 4 is 11.8 Å². The molecule has 5 nitrogen and oxygen atoms in total. The predicted molar refractivity (Wildman–Crippen MR) is 75.4 cm³/mol. The molecule has 2 amide bonds. The number of nitrogens with one attached hydrogen (secondary N) is 2. The van der Waals surface area contributed by atoms with Crippen LogP contribution >= 0.6 is 0 Å². The monoisotopic (exact) mass is 271 g/mol. The van der Waals surface area contributed by atoms with Crippen molar-refractivity contribution in [2.75, 3.05) is 6.54 Å². The van der Waals surface area contributed by atoms with Crippen molar-refractivity contribution in [3.05, 3.63) is 35.4 Å². The molecule has 1 heterocycles. The summed E-state index contributed by atoms with van der Waals surface area (Å²) in [4.78, 5) is 22.9. The Morgan fingerprint density at radius 3 is 2.75 bits per heavy atom. The van der Waals surface area contributed by atoms with Gasteiger partial charge in [-0.05, 0) is 24.1 Å². The molecule has 0 aliphatic carbocycles. The average molecular weight is 271 g/mol. The van der Waals surface area contributed by atoms with Gasteiger partial charge in [-0.3, -0.25) is 9.59 Å². The highest BCUT2D eigenvalue weighted by molar-refractivity contribution is 5.90. The Bertz CT molecular complexity index is 555. The van der Waals surface area contributed by atoms with Gasteiger partial charge in [0.1, 0.15) is 6.04 Å². The van der Waals surface area contributed by atoms with Crippen LogP contribution < -0.4 is 16.4 Å². The molecule has 1 unspecified atom stereocenters. The second-order valence-electron chi connectivity index (χ2n) is 4.58. The van der Waals surface area contributed by atoms with Crippen LogP contribution in [-0.4, -0.2) is 24.4 Å². The van der Waals surface area contributed by atoms with Crippen LogP contribution in [0.25, 0.3) is 0 Å². The normalized spacial score (nSPS) is 17.1. The Kier molecular flexibility index (Phi) is 4.75. The van der Waals surface area contributed by atoms with Crippen LogP contribution in [0.2, 0.25) is 0 Å². The van der Waals surface area contributed by atoms with E-state index in [9.17, 15) is 9.59 Å². The Morgan fingerprint density at radius 2 is 2.15 bits per heavy atom. The van der Waals surface area contributed by atoms with Crippen LogP contribution in [0, 0.1) is 11.8 Å². The molecule has 1 aromatic rings. The third-order valence-electron chi connectivity index (χ3n) is 3.07. The van der Waals surface area contributed by atoms with E-state index >= 15 is 0 Å². The number of amides is 2. The SMILES string of the molecule is NCC#Cc1ccc(CNC(=O)C2CCC(=O)N2)cc1. The van der Waals surface area contributed by atoms with Gasteiger partial charge < -0.3 is 16.4 Å². The summed E-state index contributed by atoms with van der Waals surface area (Å²) in [6.45, 7) is 0.778. The minimum Gasteiger partial charge on any atom is -0.350 e. The largest absolute Gasteiger partial charge is 0.350 e. The van der Waals surface area contributed by atoms with E-state index in [4.69, 9.17) is 5.73 Å². The Labute approximate surface area is 117 Å². The molecule has 0 radical (unpaired) electrons. The maximum Gasteiger partial charge on any atom is 0.242 e. The minimum absolute atomic E-state index is 0.0621. The van der Waals surface area contributed by atoms with Gasteiger partial charge in [-0.1, -0.05) is 24.0 Å².